The van der Waals surface area contributed by atoms with Gasteiger partial charge in [-0.1, -0.05) is 0 Å². The first-order valence-electron chi connectivity index (χ1n) is 8.39. The summed E-state index contributed by atoms with van der Waals surface area (Å²) in [5.41, 5.74) is 0.469. The highest BCUT2D eigenvalue weighted by Gasteiger charge is 2.17. The van der Waals surface area contributed by atoms with E-state index in [0.717, 1.165) is 0 Å². The van der Waals surface area contributed by atoms with E-state index in [1.165, 1.54) is 12.3 Å². The van der Waals surface area contributed by atoms with E-state index in [1.54, 1.807) is 18.2 Å². The maximum Gasteiger partial charge on any atom is 0.308 e. The summed E-state index contributed by atoms with van der Waals surface area (Å²) in [6, 6.07) is 6.41. The molecule has 0 saturated carbocycles. The summed E-state index contributed by atoms with van der Waals surface area (Å²) in [6.07, 6.45) is 1.30. The van der Waals surface area contributed by atoms with Gasteiger partial charge in [0.15, 0.2) is 23.9 Å². The Balaban J connectivity index is 1.40. The van der Waals surface area contributed by atoms with Crippen molar-refractivity contribution in [3.05, 3.63) is 40.8 Å². The Bertz CT molecular complexity index is 867. The van der Waals surface area contributed by atoms with Crippen molar-refractivity contribution in [2.45, 2.75) is 6.42 Å². The molecule has 0 aliphatic carbocycles. The van der Waals surface area contributed by atoms with Crippen LogP contribution in [0.2, 0.25) is 0 Å². The molecule has 0 saturated heterocycles. The molecule has 3 rings (SSSR count). The first kappa shape index (κ1) is 19.7. The molecule has 0 atom stereocenters. The second kappa shape index (κ2) is 9.27. The number of rotatable bonds is 7. The molecule has 9 nitrogen and oxygen atoms in total. The van der Waals surface area contributed by atoms with Crippen molar-refractivity contribution in [1.82, 2.24) is 5.32 Å². The summed E-state index contributed by atoms with van der Waals surface area (Å²) in [5.74, 6) is -0.300. The number of furan rings is 1. The van der Waals surface area contributed by atoms with Crippen molar-refractivity contribution in [3.63, 3.8) is 0 Å². The molecular formula is C18H17BrN2O7. The monoisotopic (exact) mass is 452 g/mol. The predicted octanol–water partition coefficient (Wildman–Crippen LogP) is 2.12. The quantitative estimate of drug-likeness (QED) is 0.617. The standard InChI is InChI=1S/C18H17BrN2O7/c19-11-8-14-15(27-7-6-26-14)9-12(11)21-16(22)10-28-17(23)3-4-20-18(24)13-2-1-5-25-13/h1-2,5,8-9H,3-4,6-7,10H2,(H,20,24)(H,21,22). The van der Waals surface area contributed by atoms with Gasteiger partial charge in [-0.2, -0.15) is 0 Å². The molecule has 0 fully saturated rings. The van der Waals surface area contributed by atoms with E-state index in [0.29, 0.717) is 34.9 Å². The molecule has 0 bridgehead atoms. The van der Waals surface area contributed by atoms with Gasteiger partial charge in [0.05, 0.1) is 18.4 Å². The average Bonchev–Trinajstić information content (AvgIpc) is 3.22. The number of ether oxygens (including phenoxy) is 3. The maximum absolute atomic E-state index is 12.0. The number of carbonyl (C=O) groups is 3. The summed E-state index contributed by atoms with van der Waals surface area (Å²) >= 11 is 3.34. The molecule has 148 valence electrons. The van der Waals surface area contributed by atoms with E-state index >= 15 is 0 Å². The Hall–Kier alpha value is -3.01. The van der Waals surface area contributed by atoms with E-state index in [9.17, 15) is 14.4 Å². The molecule has 0 radical (unpaired) electrons. The number of nitrogens with one attached hydrogen (secondary N) is 2. The van der Waals surface area contributed by atoms with Crippen molar-refractivity contribution < 1.29 is 33.0 Å². The number of halogens is 1. The van der Waals surface area contributed by atoms with Crippen LogP contribution in [0.1, 0.15) is 17.0 Å². The van der Waals surface area contributed by atoms with Crippen LogP contribution in [0.4, 0.5) is 5.69 Å². The van der Waals surface area contributed by atoms with Crippen molar-refractivity contribution >= 4 is 39.4 Å². The molecule has 1 aromatic heterocycles. The average molecular weight is 453 g/mol. The molecule has 1 aromatic carbocycles. The zero-order valence-electron chi connectivity index (χ0n) is 14.7. The fourth-order valence-electron chi connectivity index (χ4n) is 2.34. The third-order valence-electron chi connectivity index (χ3n) is 3.63. The van der Waals surface area contributed by atoms with Crippen LogP contribution in [0.5, 0.6) is 11.5 Å². The molecule has 2 amide bonds. The molecule has 1 aliphatic heterocycles. The number of anilines is 1. The third-order valence-corrected chi connectivity index (χ3v) is 4.29. The molecule has 2 N–H and O–H groups in total. The van der Waals surface area contributed by atoms with Crippen LogP contribution in [-0.2, 0) is 14.3 Å². The van der Waals surface area contributed by atoms with Gasteiger partial charge in [0, 0.05) is 23.2 Å². The van der Waals surface area contributed by atoms with E-state index in [2.05, 4.69) is 26.6 Å². The van der Waals surface area contributed by atoms with Gasteiger partial charge < -0.3 is 29.3 Å². The largest absolute Gasteiger partial charge is 0.486 e. The van der Waals surface area contributed by atoms with Crippen LogP contribution in [0.3, 0.4) is 0 Å². The van der Waals surface area contributed by atoms with Gasteiger partial charge in [0.2, 0.25) is 0 Å². The fraction of sp³-hybridized carbons (Fsp3) is 0.278. The normalized spacial score (nSPS) is 12.2. The first-order valence-corrected chi connectivity index (χ1v) is 9.18. The molecule has 2 aromatic rings. The lowest BCUT2D eigenvalue weighted by Crippen LogP contribution is -2.27. The topological polar surface area (TPSA) is 116 Å². The van der Waals surface area contributed by atoms with Gasteiger partial charge >= 0.3 is 5.97 Å². The smallest absolute Gasteiger partial charge is 0.308 e. The second-order valence-electron chi connectivity index (χ2n) is 5.67. The summed E-state index contributed by atoms with van der Waals surface area (Å²) < 4.78 is 21.4. The van der Waals surface area contributed by atoms with Crippen LogP contribution >= 0.6 is 15.9 Å². The Morgan fingerprint density at radius 3 is 2.61 bits per heavy atom. The molecule has 10 heteroatoms. The number of hydrogen-bond donors (Lipinski definition) is 2. The zero-order chi connectivity index (χ0) is 19.9. The van der Waals surface area contributed by atoms with Crippen molar-refractivity contribution in [3.8, 4) is 11.5 Å². The summed E-state index contributed by atoms with van der Waals surface area (Å²) in [7, 11) is 0. The van der Waals surface area contributed by atoms with E-state index in [-0.39, 0.29) is 18.7 Å². The van der Waals surface area contributed by atoms with E-state index in [1.807, 2.05) is 0 Å². The van der Waals surface area contributed by atoms with Crippen molar-refractivity contribution in [2.75, 3.05) is 31.7 Å². The highest BCUT2D eigenvalue weighted by atomic mass is 79.9. The highest BCUT2D eigenvalue weighted by Crippen LogP contribution is 2.38. The Kier molecular flexibility index (Phi) is 6.53. The molecule has 0 spiro atoms. The summed E-state index contributed by atoms with van der Waals surface area (Å²) in [5, 5.41) is 5.14. The highest BCUT2D eigenvalue weighted by molar-refractivity contribution is 9.10. The Morgan fingerprint density at radius 2 is 1.89 bits per heavy atom. The number of esters is 1. The van der Waals surface area contributed by atoms with Gasteiger partial charge in [-0.05, 0) is 28.1 Å². The van der Waals surface area contributed by atoms with Crippen LogP contribution < -0.4 is 20.1 Å². The van der Waals surface area contributed by atoms with Crippen LogP contribution in [0.25, 0.3) is 0 Å². The minimum absolute atomic E-state index is 0.0632. The van der Waals surface area contributed by atoms with E-state index in [4.69, 9.17) is 18.6 Å². The van der Waals surface area contributed by atoms with Gasteiger partial charge in [-0.3, -0.25) is 14.4 Å². The van der Waals surface area contributed by atoms with E-state index < -0.39 is 24.4 Å². The molecular weight excluding hydrogens is 436 g/mol. The zero-order valence-corrected chi connectivity index (χ0v) is 16.2. The van der Waals surface area contributed by atoms with Crippen LogP contribution in [0, 0.1) is 0 Å². The Labute approximate surface area is 168 Å². The minimum Gasteiger partial charge on any atom is -0.486 e. The number of amides is 2. The lowest BCUT2D eigenvalue weighted by atomic mass is 10.2. The van der Waals surface area contributed by atoms with Crippen molar-refractivity contribution in [1.29, 1.82) is 0 Å². The molecule has 0 unspecified atom stereocenters. The number of carbonyl (C=O) groups excluding carboxylic acids is 3. The molecule has 1 aliphatic rings. The van der Waals surface area contributed by atoms with Gasteiger partial charge in [-0.15, -0.1) is 0 Å². The molecule has 2 heterocycles. The number of benzene rings is 1. The van der Waals surface area contributed by atoms with Gasteiger partial charge in [0.25, 0.3) is 11.8 Å². The fourth-order valence-corrected chi connectivity index (χ4v) is 2.76. The lowest BCUT2D eigenvalue weighted by Gasteiger charge is -2.20. The van der Waals surface area contributed by atoms with Gasteiger partial charge in [-0.25, -0.2) is 0 Å². The Morgan fingerprint density at radius 1 is 1.14 bits per heavy atom. The first-order chi connectivity index (χ1) is 13.5. The molecule has 28 heavy (non-hydrogen) atoms. The SMILES string of the molecule is O=C(COC(=O)CCNC(=O)c1ccco1)Nc1cc2c(cc1Br)OCCO2. The number of hydrogen-bond acceptors (Lipinski definition) is 7. The number of fused-ring (bicyclic) bond motifs is 1. The predicted molar refractivity (Wildman–Crippen MR) is 100 cm³/mol. The van der Waals surface area contributed by atoms with Crippen LogP contribution in [-0.4, -0.2) is 44.1 Å². The minimum atomic E-state index is -0.615. The second-order valence-corrected chi connectivity index (χ2v) is 6.52. The summed E-state index contributed by atoms with van der Waals surface area (Å²) in [4.78, 5) is 35.4. The van der Waals surface area contributed by atoms with Gasteiger partial charge in [0.1, 0.15) is 13.2 Å². The lowest BCUT2D eigenvalue weighted by molar-refractivity contribution is -0.147. The third kappa shape index (κ3) is 5.26. The summed E-state index contributed by atoms with van der Waals surface area (Å²) in [6.45, 7) is 0.499. The maximum atomic E-state index is 12.0. The van der Waals surface area contributed by atoms with Crippen LogP contribution in [0.15, 0.2) is 39.4 Å². The van der Waals surface area contributed by atoms with Crippen molar-refractivity contribution in [2.24, 2.45) is 0 Å².